The van der Waals surface area contributed by atoms with Gasteiger partial charge >= 0.3 is 5.97 Å². The van der Waals surface area contributed by atoms with Gasteiger partial charge in [-0.2, -0.15) is 0 Å². The van der Waals surface area contributed by atoms with Crippen molar-refractivity contribution in [3.05, 3.63) is 58.1 Å². The molecule has 5 nitrogen and oxygen atoms in total. The second-order valence-corrected chi connectivity index (χ2v) is 6.06. The molecule has 0 aliphatic rings. The maximum Gasteiger partial charge on any atom is 0.335 e. The summed E-state index contributed by atoms with van der Waals surface area (Å²) in [6, 6.07) is 11.2. The number of hydrogen-bond donors (Lipinski definition) is 2. The van der Waals surface area contributed by atoms with Crippen LogP contribution in [0.15, 0.2) is 46.9 Å². The van der Waals surface area contributed by atoms with E-state index in [1.807, 2.05) is 13.8 Å². The Morgan fingerprint density at radius 3 is 2.57 bits per heavy atom. The molecule has 120 valence electrons. The van der Waals surface area contributed by atoms with Crippen LogP contribution in [-0.4, -0.2) is 23.1 Å². The minimum atomic E-state index is -1.05. The molecular weight excluding hydrogens is 362 g/mol. The van der Waals surface area contributed by atoms with Crippen molar-refractivity contribution in [1.29, 1.82) is 0 Å². The number of carbonyl (C=O) groups is 2. The fourth-order valence-electron chi connectivity index (χ4n) is 1.96. The van der Waals surface area contributed by atoms with E-state index in [9.17, 15) is 9.59 Å². The van der Waals surface area contributed by atoms with E-state index >= 15 is 0 Å². The number of aromatic carboxylic acids is 1. The first-order valence-electron chi connectivity index (χ1n) is 6.97. The van der Waals surface area contributed by atoms with Crippen molar-refractivity contribution in [3.63, 3.8) is 0 Å². The van der Waals surface area contributed by atoms with Gasteiger partial charge in [0.2, 0.25) is 0 Å². The third-order valence-electron chi connectivity index (χ3n) is 2.92. The SMILES string of the molecule is CC(C)Oc1ccc(Br)cc1C(=O)Nc1cccc(C(=O)O)c1. The number of anilines is 1. The maximum atomic E-state index is 12.5. The fraction of sp³-hybridized carbons (Fsp3) is 0.176. The van der Waals surface area contributed by atoms with E-state index in [2.05, 4.69) is 21.2 Å². The van der Waals surface area contributed by atoms with Crippen molar-refractivity contribution in [2.75, 3.05) is 5.32 Å². The molecule has 1 amide bonds. The van der Waals surface area contributed by atoms with Gasteiger partial charge in [-0.3, -0.25) is 4.79 Å². The van der Waals surface area contributed by atoms with Crippen LogP contribution >= 0.6 is 15.9 Å². The lowest BCUT2D eigenvalue weighted by molar-refractivity contribution is 0.0696. The van der Waals surface area contributed by atoms with Gasteiger partial charge in [0.25, 0.3) is 5.91 Å². The third kappa shape index (κ3) is 4.56. The van der Waals surface area contributed by atoms with Gasteiger partial charge in [0, 0.05) is 10.2 Å². The van der Waals surface area contributed by atoms with E-state index in [0.29, 0.717) is 17.0 Å². The quantitative estimate of drug-likeness (QED) is 0.818. The molecule has 0 aliphatic heterocycles. The first-order chi connectivity index (χ1) is 10.9. The van der Waals surface area contributed by atoms with Crippen LogP contribution in [0.2, 0.25) is 0 Å². The van der Waals surface area contributed by atoms with Crippen molar-refractivity contribution in [3.8, 4) is 5.75 Å². The lowest BCUT2D eigenvalue weighted by Crippen LogP contribution is -2.16. The normalized spacial score (nSPS) is 10.4. The summed E-state index contributed by atoms with van der Waals surface area (Å²) < 4.78 is 6.39. The van der Waals surface area contributed by atoms with Gasteiger partial charge in [-0.05, 0) is 50.2 Å². The van der Waals surface area contributed by atoms with Crippen LogP contribution in [0, 0.1) is 0 Å². The number of amides is 1. The van der Waals surface area contributed by atoms with E-state index in [0.717, 1.165) is 4.47 Å². The largest absolute Gasteiger partial charge is 0.490 e. The number of carboxylic acid groups (broad SMARTS) is 1. The van der Waals surface area contributed by atoms with Crippen LogP contribution < -0.4 is 10.1 Å². The Morgan fingerprint density at radius 1 is 1.17 bits per heavy atom. The van der Waals surface area contributed by atoms with Crippen LogP contribution in [0.4, 0.5) is 5.69 Å². The molecule has 0 saturated carbocycles. The number of ether oxygens (including phenoxy) is 1. The van der Waals surface area contributed by atoms with Gasteiger partial charge < -0.3 is 15.2 Å². The van der Waals surface area contributed by atoms with Crippen LogP contribution in [-0.2, 0) is 0 Å². The van der Waals surface area contributed by atoms with E-state index in [4.69, 9.17) is 9.84 Å². The molecular formula is C17H16BrNO4. The molecule has 23 heavy (non-hydrogen) atoms. The third-order valence-corrected chi connectivity index (χ3v) is 3.41. The molecule has 0 spiro atoms. The summed E-state index contributed by atoms with van der Waals surface area (Å²) in [6.45, 7) is 3.75. The molecule has 2 N–H and O–H groups in total. The lowest BCUT2D eigenvalue weighted by Gasteiger charge is -2.14. The molecule has 6 heteroatoms. The topological polar surface area (TPSA) is 75.6 Å². The van der Waals surface area contributed by atoms with Crippen molar-refractivity contribution in [2.24, 2.45) is 0 Å². The summed E-state index contributed by atoms with van der Waals surface area (Å²) in [5, 5.41) is 11.7. The molecule has 0 fully saturated rings. The Kier molecular flexibility index (Phi) is 5.39. The average Bonchev–Trinajstić information content (AvgIpc) is 2.48. The fourth-order valence-corrected chi connectivity index (χ4v) is 2.33. The van der Waals surface area contributed by atoms with Crippen molar-refractivity contribution < 1.29 is 19.4 Å². The summed E-state index contributed by atoms with van der Waals surface area (Å²) in [5.74, 6) is -0.952. The number of benzene rings is 2. The Hall–Kier alpha value is -2.34. The number of carbonyl (C=O) groups excluding carboxylic acids is 1. The minimum Gasteiger partial charge on any atom is -0.490 e. The Labute approximate surface area is 142 Å². The molecule has 0 bridgehead atoms. The second-order valence-electron chi connectivity index (χ2n) is 5.15. The van der Waals surface area contributed by atoms with Crippen molar-refractivity contribution in [2.45, 2.75) is 20.0 Å². The van der Waals surface area contributed by atoms with Gasteiger partial charge in [0.1, 0.15) is 5.75 Å². The number of halogens is 1. The highest BCUT2D eigenvalue weighted by molar-refractivity contribution is 9.10. The highest BCUT2D eigenvalue weighted by Crippen LogP contribution is 2.25. The van der Waals surface area contributed by atoms with E-state index < -0.39 is 5.97 Å². The molecule has 0 saturated heterocycles. The number of carboxylic acids is 1. The number of hydrogen-bond acceptors (Lipinski definition) is 3. The molecule has 0 radical (unpaired) electrons. The number of nitrogens with one attached hydrogen (secondary N) is 1. The summed E-state index contributed by atoms with van der Waals surface area (Å²) in [7, 11) is 0. The molecule has 2 aromatic rings. The first-order valence-corrected chi connectivity index (χ1v) is 7.77. The molecule has 2 aromatic carbocycles. The molecule has 0 atom stereocenters. The zero-order valence-corrected chi connectivity index (χ0v) is 14.3. The van der Waals surface area contributed by atoms with Gasteiger partial charge in [-0.1, -0.05) is 22.0 Å². The van der Waals surface area contributed by atoms with Gasteiger partial charge in [-0.15, -0.1) is 0 Å². The Balaban J connectivity index is 2.28. The predicted molar refractivity (Wildman–Crippen MR) is 91.3 cm³/mol. The lowest BCUT2D eigenvalue weighted by atomic mass is 10.1. The summed E-state index contributed by atoms with van der Waals surface area (Å²) in [5.41, 5.74) is 0.884. The van der Waals surface area contributed by atoms with Gasteiger partial charge in [0.05, 0.1) is 17.2 Å². The van der Waals surface area contributed by atoms with Gasteiger partial charge in [-0.25, -0.2) is 4.79 Å². The molecule has 2 rings (SSSR count). The Morgan fingerprint density at radius 2 is 1.91 bits per heavy atom. The van der Waals surface area contributed by atoms with E-state index in [1.54, 1.807) is 30.3 Å². The molecule has 0 aromatic heterocycles. The Bertz CT molecular complexity index is 743. The van der Waals surface area contributed by atoms with Crippen LogP contribution in [0.3, 0.4) is 0 Å². The maximum absolute atomic E-state index is 12.5. The average molecular weight is 378 g/mol. The summed E-state index contributed by atoms with van der Waals surface area (Å²) >= 11 is 3.33. The van der Waals surface area contributed by atoms with Crippen molar-refractivity contribution >= 4 is 33.5 Å². The molecule has 0 heterocycles. The van der Waals surface area contributed by atoms with E-state index in [-0.39, 0.29) is 17.6 Å². The van der Waals surface area contributed by atoms with E-state index in [1.165, 1.54) is 12.1 Å². The predicted octanol–water partition coefficient (Wildman–Crippen LogP) is 4.19. The van der Waals surface area contributed by atoms with Crippen LogP contribution in [0.5, 0.6) is 5.75 Å². The standard InChI is InChI=1S/C17H16BrNO4/c1-10(2)23-15-7-6-12(18)9-14(15)16(20)19-13-5-3-4-11(8-13)17(21)22/h3-10H,1-2H3,(H,19,20)(H,21,22). The smallest absolute Gasteiger partial charge is 0.335 e. The zero-order valence-electron chi connectivity index (χ0n) is 12.7. The summed E-state index contributed by atoms with van der Waals surface area (Å²) in [6.07, 6.45) is -0.0712. The highest BCUT2D eigenvalue weighted by Gasteiger charge is 2.15. The van der Waals surface area contributed by atoms with Crippen LogP contribution in [0.25, 0.3) is 0 Å². The van der Waals surface area contributed by atoms with Crippen molar-refractivity contribution in [1.82, 2.24) is 0 Å². The minimum absolute atomic E-state index is 0.0712. The molecule has 0 aliphatic carbocycles. The molecule has 0 unspecified atom stereocenters. The highest BCUT2D eigenvalue weighted by atomic mass is 79.9. The van der Waals surface area contributed by atoms with Crippen LogP contribution in [0.1, 0.15) is 34.6 Å². The zero-order chi connectivity index (χ0) is 17.0. The summed E-state index contributed by atoms with van der Waals surface area (Å²) in [4.78, 5) is 23.5. The second kappa shape index (κ2) is 7.28. The monoisotopic (exact) mass is 377 g/mol. The van der Waals surface area contributed by atoms with Gasteiger partial charge in [0.15, 0.2) is 0 Å². The first kappa shape index (κ1) is 17.0. The number of rotatable bonds is 5.